The molecule has 1 aliphatic heterocycles. The lowest BCUT2D eigenvalue weighted by Crippen LogP contribution is -2.56. The first-order valence-corrected chi connectivity index (χ1v) is 10.6. The number of hydrogen-bond donors (Lipinski definition) is 1. The van der Waals surface area contributed by atoms with Crippen LogP contribution in [0.25, 0.3) is 0 Å². The standard InChI is InChI=1S/C24H26O10/c1-16-29-13-19(26)23(32-16)24(34-22(28)15-31-18-10-6-3-7-11-18)20(12-25)33-21(27)14-30-17-8-4-2-5-9-17/h2-12,16,19-20,23-24,26H,13-15H2,1H3/t16?,19-,20+,23-,24-/m1/s1. The Morgan fingerprint density at radius 1 is 0.971 bits per heavy atom. The van der Waals surface area contributed by atoms with Crippen molar-refractivity contribution in [3.05, 3.63) is 60.7 Å². The van der Waals surface area contributed by atoms with Crippen molar-refractivity contribution in [2.24, 2.45) is 0 Å². The van der Waals surface area contributed by atoms with Gasteiger partial charge in [0.2, 0.25) is 0 Å². The number of rotatable bonds is 11. The molecule has 34 heavy (non-hydrogen) atoms. The summed E-state index contributed by atoms with van der Waals surface area (Å²) >= 11 is 0. The summed E-state index contributed by atoms with van der Waals surface area (Å²) in [7, 11) is 0. The van der Waals surface area contributed by atoms with Crippen molar-refractivity contribution in [3.8, 4) is 11.5 Å². The lowest BCUT2D eigenvalue weighted by atomic mass is 10.0. The molecular weight excluding hydrogens is 448 g/mol. The Morgan fingerprint density at radius 2 is 1.50 bits per heavy atom. The Morgan fingerprint density at radius 3 is 2.03 bits per heavy atom. The van der Waals surface area contributed by atoms with Gasteiger partial charge in [-0.2, -0.15) is 0 Å². The van der Waals surface area contributed by atoms with Crippen LogP contribution in [0.1, 0.15) is 6.92 Å². The predicted octanol–water partition coefficient (Wildman–Crippen LogP) is 1.29. The van der Waals surface area contributed by atoms with Crippen molar-refractivity contribution in [2.75, 3.05) is 19.8 Å². The Hall–Kier alpha value is -3.47. The monoisotopic (exact) mass is 474 g/mol. The quantitative estimate of drug-likeness (QED) is 0.376. The molecular formula is C24H26O10. The smallest absolute Gasteiger partial charge is 0.345 e. The van der Waals surface area contributed by atoms with E-state index in [-0.39, 0.29) is 6.61 Å². The highest BCUT2D eigenvalue weighted by Crippen LogP contribution is 2.22. The summed E-state index contributed by atoms with van der Waals surface area (Å²) in [5.41, 5.74) is 0. The van der Waals surface area contributed by atoms with Gasteiger partial charge in [-0.1, -0.05) is 36.4 Å². The third-order valence-electron chi connectivity index (χ3n) is 4.75. The van der Waals surface area contributed by atoms with E-state index in [4.69, 9.17) is 28.4 Å². The highest BCUT2D eigenvalue weighted by atomic mass is 16.7. The first kappa shape index (κ1) is 25.2. The number of carbonyl (C=O) groups excluding carboxylic acids is 3. The van der Waals surface area contributed by atoms with E-state index in [1.165, 1.54) is 0 Å². The number of aliphatic hydroxyl groups is 1. The molecule has 0 amide bonds. The van der Waals surface area contributed by atoms with Gasteiger partial charge in [-0.25, -0.2) is 9.59 Å². The molecule has 0 aliphatic carbocycles. The minimum absolute atomic E-state index is 0.128. The lowest BCUT2D eigenvalue weighted by molar-refractivity contribution is -0.274. The van der Waals surface area contributed by atoms with Crippen LogP contribution in [0.3, 0.4) is 0 Å². The lowest BCUT2D eigenvalue weighted by Gasteiger charge is -2.38. The fraction of sp³-hybridized carbons (Fsp3) is 0.375. The topological polar surface area (TPSA) is 127 Å². The van der Waals surface area contributed by atoms with Crippen molar-refractivity contribution < 1.29 is 47.9 Å². The van der Waals surface area contributed by atoms with E-state index in [2.05, 4.69) is 0 Å². The molecule has 2 aromatic carbocycles. The average Bonchev–Trinajstić information content (AvgIpc) is 2.86. The van der Waals surface area contributed by atoms with Gasteiger partial charge in [0.1, 0.15) is 23.7 Å². The van der Waals surface area contributed by atoms with Gasteiger partial charge in [0.05, 0.1) is 6.61 Å². The summed E-state index contributed by atoms with van der Waals surface area (Å²) in [4.78, 5) is 36.6. The summed E-state index contributed by atoms with van der Waals surface area (Å²) in [6.45, 7) is 0.481. The molecule has 1 fully saturated rings. The first-order valence-electron chi connectivity index (χ1n) is 10.6. The second-order valence-corrected chi connectivity index (χ2v) is 7.32. The van der Waals surface area contributed by atoms with Crippen LogP contribution in [0.5, 0.6) is 11.5 Å². The molecule has 0 radical (unpaired) electrons. The number of aldehydes is 1. The molecule has 1 heterocycles. The number of esters is 2. The van der Waals surface area contributed by atoms with E-state index in [9.17, 15) is 19.5 Å². The maximum Gasteiger partial charge on any atom is 0.345 e. The van der Waals surface area contributed by atoms with E-state index >= 15 is 0 Å². The van der Waals surface area contributed by atoms with Gasteiger partial charge in [-0.3, -0.25) is 4.79 Å². The first-order chi connectivity index (χ1) is 16.5. The molecule has 1 saturated heterocycles. The van der Waals surface area contributed by atoms with Crippen LogP contribution < -0.4 is 9.47 Å². The van der Waals surface area contributed by atoms with Gasteiger partial charge in [0.25, 0.3) is 0 Å². The Bertz CT molecular complexity index is 920. The van der Waals surface area contributed by atoms with Gasteiger partial charge >= 0.3 is 11.9 Å². The zero-order valence-corrected chi connectivity index (χ0v) is 18.5. The molecule has 1 N–H and O–H groups in total. The maximum absolute atomic E-state index is 12.5. The van der Waals surface area contributed by atoms with E-state index < -0.39 is 55.9 Å². The van der Waals surface area contributed by atoms with E-state index in [0.717, 1.165) is 0 Å². The number of carbonyl (C=O) groups is 3. The number of aliphatic hydroxyl groups excluding tert-OH is 1. The second kappa shape index (κ2) is 12.7. The molecule has 3 rings (SSSR count). The van der Waals surface area contributed by atoms with Gasteiger partial charge in [-0.05, 0) is 31.2 Å². The zero-order chi connectivity index (χ0) is 24.3. The van der Waals surface area contributed by atoms with Crippen molar-refractivity contribution in [2.45, 2.75) is 37.6 Å². The summed E-state index contributed by atoms with van der Waals surface area (Å²) in [5.74, 6) is -0.868. The van der Waals surface area contributed by atoms with Crippen LogP contribution in [-0.2, 0) is 33.3 Å². The summed E-state index contributed by atoms with van der Waals surface area (Å²) in [6, 6.07) is 17.1. The van der Waals surface area contributed by atoms with Crippen molar-refractivity contribution in [1.82, 2.24) is 0 Å². The number of benzene rings is 2. The molecule has 2 aromatic rings. The number of ether oxygens (including phenoxy) is 6. The number of para-hydroxylation sites is 2. The largest absolute Gasteiger partial charge is 0.482 e. The fourth-order valence-corrected chi connectivity index (χ4v) is 3.16. The van der Waals surface area contributed by atoms with Crippen LogP contribution >= 0.6 is 0 Å². The van der Waals surface area contributed by atoms with Crippen LogP contribution in [-0.4, -0.2) is 73.9 Å². The highest BCUT2D eigenvalue weighted by Gasteiger charge is 2.43. The Labute approximate surface area is 196 Å². The van der Waals surface area contributed by atoms with Gasteiger partial charge in [0.15, 0.2) is 38.0 Å². The van der Waals surface area contributed by atoms with Crippen LogP contribution in [0.4, 0.5) is 0 Å². The van der Waals surface area contributed by atoms with Gasteiger partial charge in [-0.15, -0.1) is 0 Å². The molecule has 5 atom stereocenters. The van der Waals surface area contributed by atoms with Crippen LogP contribution in [0.2, 0.25) is 0 Å². The number of hydrogen-bond acceptors (Lipinski definition) is 10. The van der Waals surface area contributed by atoms with Crippen LogP contribution in [0.15, 0.2) is 60.7 Å². The van der Waals surface area contributed by atoms with Crippen molar-refractivity contribution in [1.29, 1.82) is 0 Å². The van der Waals surface area contributed by atoms with E-state index in [0.29, 0.717) is 17.8 Å². The molecule has 0 spiro atoms. The van der Waals surface area contributed by atoms with Crippen molar-refractivity contribution in [3.63, 3.8) is 0 Å². The highest BCUT2D eigenvalue weighted by molar-refractivity contribution is 5.75. The minimum atomic E-state index is -1.57. The van der Waals surface area contributed by atoms with Gasteiger partial charge in [0, 0.05) is 0 Å². The van der Waals surface area contributed by atoms with E-state index in [1.807, 2.05) is 0 Å². The molecule has 0 bridgehead atoms. The predicted molar refractivity (Wildman–Crippen MR) is 116 cm³/mol. The SMILES string of the molecule is CC1OC[C@@H](O)[C@H]([C@H](OC(=O)COc2ccccc2)[C@H](C=O)OC(=O)COc2ccccc2)O1. The average molecular weight is 474 g/mol. The van der Waals surface area contributed by atoms with Gasteiger partial charge < -0.3 is 33.5 Å². The summed E-state index contributed by atoms with van der Waals surface area (Å²) in [5, 5.41) is 10.4. The van der Waals surface area contributed by atoms with E-state index in [1.54, 1.807) is 67.6 Å². The third kappa shape index (κ3) is 7.55. The molecule has 1 unspecified atom stereocenters. The van der Waals surface area contributed by atoms with Crippen LogP contribution in [0, 0.1) is 0 Å². The third-order valence-corrected chi connectivity index (χ3v) is 4.75. The normalized spacial score (nSPS) is 21.5. The summed E-state index contributed by atoms with van der Waals surface area (Å²) < 4.78 is 32.0. The molecule has 10 nitrogen and oxygen atoms in total. The minimum Gasteiger partial charge on any atom is -0.482 e. The molecule has 0 saturated carbocycles. The summed E-state index contributed by atoms with van der Waals surface area (Å²) in [6.07, 6.45) is -5.91. The molecule has 182 valence electrons. The Balaban J connectivity index is 1.66. The zero-order valence-electron chi connectivity index (χ0n) is 18.5. The molecule has 0 aromatic heterocycles. The fourth-order valence-electron chi connectivity index (χ4n) is 3.16. The van der Waals surface area contributed by atoms with Crippen molar-refractivity contribution >= 4 is 18.2 Å². The maximum atomic E-state index is 12.5. The molecule has 10 heteroatoms. The Kier molecular flexibility index (Phi) is 9.39. The molecule has 1 aliphatic rings. The second-order valence-electron chi connectivity index (χ2n) is 7.32.